The number of carbonyl (C=O) groups is 1. The Morgan fingerprint density at radius 1 is 0.860 bits per heavy atom. The van der Waals surface area contributed by atoms with Gasteiger partial charge < -0.3 is 19.7 Å². The van der Waals surface area contributed by atoms with E-state index in [1.54, 1.807) is 11.8 Å². The summed E-state index contributed by atoms with van der Waals surface area (Å²) < 4.78 is 12.2. The van der Waals surface area contributed by atoms with Gasteiger partial charge in [0.1, 0.15) is 0 Å². The molecule has 0 atom stereocenters. The first-order chi connectivity index (χ1) is 20.3. The van der Waals surface area contributed by atoms with Crippen molar-refractivity contribution in [3.63, 3.8) is 0 Å². The third-order valence-electron chi connectivity index (χ3n) is 7.63. The van der Waals surface area contributed by atoms with Crippen LogP contribution in [0.2, 0.25) is 0 Å². The molecule has 43 heavy (non-hydrogen) atoms. The molecule has 1 heterocycles. The van der Waals surface area contributed by atoms with Crippen molar-refractivity contribution < 1.29 is 14.3 Å². The molecule has 0 fully saturated rings. The molecule has 240 valence electrons. The maximum Gasteiger partial charge on any atom is 0.262 e. The number of rotatable bonds is 20. The van der Waals surface area contributed by atoms with E-state index >= 15 is 0 Å². The van der Waals surface area contributed by atoms with Crippen LogP contribution in [0.25, 0.3) is 0 Å². The fourth-order valence-electron chi connectivity index (χ4n) is 5.06. The Labute approximate surface area is 276 Å². The summed E-state index contributed by atoms with van der Waals surface area (Å²) in [7, 11) is 0. The monoisotopic (exact) mass is 674 g/mol. The van der Waals surface area contributed by atoms with Crippen LogP contribution in [0.5, 0.6) is 11.5 Å². The molecule has 1 aliphatic rings. The van der Waals surface area contributed by atoms with Crippen molar-refractivity contribution in [2.24, 2.45) is 0 Å². The van der Waals surface area contributed by atoms with Crippen LogP contribution in [0.3, 0.4) is 0 Å². The minimum atomic E-state index is -0.185. The molecule has 1 amide bonds. The predicted octanol–water partition coefficient (Wildman–Crippen LogP) is 10.6. The van der Waals surface area contributed by atoms with Crippen molar-refractivity contribution in [3.05, 3.63) is 65.2 Å². The largest absolute Gasteiger partial charge is 0.490 e. The lowest BCUT2D eigenvalue weighted by molar-refractivity contribution is -0.118. The molecular formula is C36H55BrN2O3S. The van der Waals surface area contributed by atoms with Crippen LogP contribution in [-0.2, 0) is 16.8 Å². The standard InChI is InChI=1S/C36H54N2O3S.BrH/c1-5-6-7-8-9-10-11-12-13-14-15-16-23-40-34-26-31(36(2,3)4)20-21-33(34)41-28-35(39)37-32-19-17-18-30(25-32)27-38-22-24-42-29-38;/h17-22,24-26H,5-16,23,27-29H2,1-4H3,(H,37,39);1H. The van der Waals surface area contributed by atoms with Crippen molar-refractivity contribution >= 4 is 40.3 Å². The number of amides is 1. The fraction of sp³-hybridized carbons (Fsp3) is 0.583. The van der Waals surface area contributed by atoms with E-state index in [9.17, 15) is 4.79 Å². The van der Waals surface area contributed by atoms with Gasteiger partial charge in [-0.25, -0.2) is 0 Å². The maximum atomic E-state index is 12.8. The van der Waals surface area contributed by atoms with Gasteiger partial charge in [0.2, 0.25) is 0 Å². The van der Waals surface area contributed by atoms with Gasteiger partial charge in [-0.3, -0.25) is 4.79 Å². The van der Waals surface area contributed by atoms with E-state index in [1.165, 1.54) is 76.2 Å². The molecule has 1 N–H and O–H groups in total. The molecule has 0 saturated carbocycles. The van der Waals surface area contributed by atoms with Gasteiger partial charge in [-0.2, -0.15) is 0 Å². The summed E-state index contributed by atoms with van der Waals surface area (Å²) in [5.74, 6) is 2.11. The summed E-state index contributed by atoms with van der Waals surface area (Å²) in [6.45, 7) is 10.3. The SMILES string of the molecule is Br.CCCCCCCCCCCCCCOc1cc(C(C)(C)C)ccc1OCC(=O)Nc1cccc(CN2C=CSC2)c1. The lowest BCUT2D eigenvalue weighted by Crippen LogP contribution is -2.21. The molecule has 0 bridgehead atoms. The van der Waals surface area contributed by atoms with E-state index in [2.05, 4.69) is 67.7 Å². The normalized spacial score (nSPS) is 12.7. The summed E-state index contributed by atoms with van der Waals surface area (Å²) in [4.78, 5) is 15.0. The highest BCUT2D eigenvalue weighted by molar-refractivity contribution is 8.93. The minimum absolute atomic E-state index is 0. The first-order valence-corrected chi connectivity index (χ1v) is 17.2. The van der Waals surface area contributed by atoms with Gasteiger partial charge in [-0.1, -0.05) is 117 Å². The number of unbranched alkanes of at least 4 members (excludes halogenated alkanes) is 11. The van der Waals surface area contributed by atoms with Gasteiger partial charge in [0.15, 0.2) is 18.1 Å². The number of benzene rings is 2. The molecule has 0 radical (unpaired) electrons. The van der Waals surface area contributed by atoms with Gasteiger partial charge in [0.25, 0.3) is 5.91 Å². The molecule has 7 heteroatoms. The Morgan fingerprint density at radius 2 is 1.53 bits per heavy atom. The highest BCUT2D eigenvalue weighted by atomic mass is 79.9. The van der Waals surface area contributed by atoms with Crippen LogP contribution >= 0.6 is 28.7 Å². The van der Waals surface area contributed by atoms with E-state index in [-0.39, 0.29) is 34.9 Å². The number of nitrogens with zero attached hydrogens (tertiary/aromatic N) is 1. The molecule has 2 aromatic rings. The second-order valence-corrected chi connectivity index (χ2v) is 13.4. The van der Waals surface area contributed by atoms with Gasteiger partial charge in [-0.05, 0) is 52.6 Å². The average molecular weight is 676 g/mol. The fourth-order valence-corrected chi connectivity index (χ4v) is 5.78. The van der Waals surface area contributed by atoms with E-state index in [0.717, 1.165) is 35.8 Å². The molecule has 0 unspecified atom stereocenters. The first kappa shape index (κ1) is 37.1. The van der Waals surface area contributed by atoms with Crippen LogP contribution < -0.4 is 14.8 Å². The zero-order chi connectivity index (χ0) is 30.0. The lowest BCUT2D eigenvalue weighted by atomic mass is 9.87. The van der Waals surface area contributed by atoms with Crippen LogP contribution in [0.1, 0.15) is 116 Å². The smallest absolute Gasteiger partial charge is 0.262 e. The summed E-state index contributed by atoms with van der Waals surface area (Å²) in [6, 6.07) is 14.1. The summed E-state index contributed by atoms with van der Waals surface area (Å²) in [6.07, 6.45) is 17.9. The van der Waals surface area contributed by atoms with Gasteiger partial charge >= 0.3 is 0 Å². The first-order valence-electron chi connectivity index (χ1n) is 16.2. The summed E-state index contributed by atoms with van der Waals surface area (Å²) >= 11 is 1.79. The maximum absolute atomic E-state index is 12.8. The van der Waals surface area contributed by atoms with Crippen molar-refractivity contribution in [1.29, 1.82) is 0 Å². The van der Waals surface area contributed by atoms with Crippen molar-refractivity contribution in [3.8, 4) is 11.5 Å². The number of halogens is 1. The third kappa shape index (κ3) is 14.9. The van der Waals surface area contributed by atoms with Gasteiger partial charge in [0.05, 0.1) is 12.5 Å². The molecule has 0 aromatic heterocycles. The Kier molecular flexibility index (Phi) is 17.9. The van der Waals surface area contributed by atoms with Crippen LogP contribution in [0, 0.1) is 0 Å². The Balaban J connectivity index is 0.00000645. The number of hydrogen-bond donors (Lipinski definition) is 1. The lowest BCUT2D eigenvalue weighted by Gasteiger charge is -2.21. The highest BCUT2D eigenvalue weighted by Gasteiger charge is 2.18. The van der Waals surface area contributed by atoms with Crippen molar-refractivity contribution in [1.82, 2.24) is 4.90 Å². The molecule has 3 rings (SSSR count). The predicted molar refractivity (Wildman–Crippen MR) is 190 cm³/mol. The van der Waals surface area contributed by atoms with Crippen LogP contribution in [-0.4, -0.2) is 29.9 Å². The number of carbonyl (C=O) groups excluding carboxylic acids is 1. The topological polar surface area (TPSA) is 50.8 Å². The van der Waals surface area contributed by atoms with E-state index in [1.807, 2.05) is 24.3 Å². The number of hydrogen-bond acceptors (Lipinski definition) is 5. The van der Waals surface area contributed by atoms with Crippen molar-refractivity contribution in [2.75, 3.05) is 24.4 Å². The number of ether oxygens (including phenoxy) is 2. The number of nitrogens with one attached hydrogen (secondary N) is 1. The van der Waals surface area contributed by atoms with Crippen molar-refractivity contribution in [2.45, 2.75) is 117 Å². The van der Waals surface area contributed by atoms with Crippen LogP contribution in [0.15, 0.2) is 54.1 Å². The Bertz CT molecular complexity index is 1100. The zero-order valence-electron chi connectivity index (χ0n) is 27.0. The van der Waals surface area contributed by atoms with E-state index < -0.39 is 0 Å². The van der Waals surface area contributed by atoms with E-state index in [4.69, 9.17) is 9.47 Å². The average Bonchev–Trinajstić information content (AvgIpc) is 3.47. The Morgan fingerprint density at radius 3 is 2.16 bits per heavy atom. The second-order valence-electron chi connectivity index (χ2n) is 12.5. The van der Waals surface area contributed by atoms with Crippen LogP contribution in [0.4, 0.5) is 5.69 Å². The molecule has 0 spiro atoms. The quantitative estimate of drug-likeness (QED) is 0.142. The zero-order valence-corrected chi connectivity index (χ0v) is 29.5. The number of anilines is 1. The van der Waals surface area contributed by atoms with E-state index in [0.29, 0.717) is 12.4 Å². The third-order valence-corrected chi connectivity index (χ3v) is 8.42. The van der Waals surface area contributed by atoms with Gasteiger partial charge in [0, 0.05) is 18.4 Å². The van der Waals surface area contributed by atoms with Gasteiger partial charge in [-0.15, -0.1) is 28.7 Å². The number of thioether (sulfide) groups is 1. The summed E-state index contributed by atoms with van der Waals surface area (Å²) in [5.41, 5.74) is 3.13. The highest BCUT2D eigenvalue weighted by Crippen LogP contribution is 2.33. The second kappa shape index (κ2) is 20.8. The molecule has 1 aliphatic heterocycles. The summed E-state index contributed by atoms with van der Waals surface area (Å²) in [5, 5.41) is 5.09. The minimum Gasteiger partial charge on any atom is -0.490 e. The molecular weight excluding hydrogens is 620 g/mol. The Hall–Kier alpha value is -2.12. The molecule has 5 nitrogen and oxygen atoms in total. The molecule has 2 aromatic carbocycles. The molecule has 0 saturated heterocycles. The molecule has 0 aliphatic carbocycles.